The third-order valence-electron chi connectivity index (χ3n) is 6.92. The van der Waals surface area contributed by atoms with Crippen LogP contribution in [0.5, 0.6) is 5.75 Å². The Balaban J connectivity index is 1.75. The SMILES string of the molecule is COC(OC)Oc1c(-c2ccccc2)cc2ccccc2c1-c1cc(-c2ccccc2)cc2ccccc12. The molecule has 6 aromatic carbocycles. The fourth-order valence-corrected chi connectivity index (χ4v) is 5.15. The predicted octanol–water partition coefficient (Wildman–Crippen LogP) is 8.95. The summed E-state index contributed by atoms with van der Waals surface area (Å²) in [5, 5.41) is 4.55. The van der Waals surface area contributed by atoms with E-state index < -0.39 is 6.48 Å². The van der Waals surface area contributed by atoms with Crippen LogP contribution in [0.3, 0.4) is 0 Å². The van der Waals surface area contributed by atoms with Crippen LogP contribution >= 0.6 is 0 Å². The highest BCUT2D eigenvalue weighted by Crippen LogP contribution is 2.47. The van der Waals surface area contributed by atoms with E-state index in [9.17, 15) is 0 Å². The van der Waals surface area contributed by atoms with Gasteiger partial charge in [0.05, 0.1) is 0 Å². The number of rotatable bonds is 7. The van der Waals surface area contributed by atoms with Gasteiger partial charge in [0.15, 0.2) is 0 Å². The van der Waals surface area contributed by atoms with Crippen molar-refractivity contribution in [3.63, 3.8) is 0 Å². The average Bonchev–Trinajstić information content (AvgIpc) is 2.99. The molecule has 0 heterocycles. The molecule has 0 spiro atoms. The highest BCUT2D eigenvalue weighted by molar-refractivity contribution is 6.11. The molecular formula is C35H28O3. The van der Waals surface area contributed by atoms with Crippen molar-refractivity contribution in [3.8, 4) is 39.1 Å². The number of ether oxygens (including phenoxy) is 3. The van der Waals surface area contributed by atoms with Gasteiger partial charge in [0.25, 0.3) is 0 Å². The summed E-state index contributed by atoms with van der Waals surface area (Å²) >= 11 is 0. The van der Waals surface area contributed by atoms with Crippen LogP contribution in [0.2, 0.25) is 0 Å². The Hall–Kier alpha value is -4.44. The summed E-state index contributed by atoms with van der Waals surface area (Å²) < 4.78 is 17.6. The molecule has 0 N–H and O–H groups in total. The predicted molar refractivity (Wildman–Crippen MR) is 156 cm³/mol. The topological polar surface area (TPSA) is 27.7 Å². The van der Waals surface area contributed by atoms with Gasteiger partial charge in [-0.1, -0.05) is 109 Å². The van der Waals surface area contributed by atoms with Crippen LogP contribution in [0.25, 0.3) is 54.9 Å². The fraction of sp³-hybridized carbons (Fsp3) is 0.0857. The molecule has 186 valence electrons. The average molecular weight is 497 g/mol. The second-order valence-electron chi connectivity index (χ2n) is 9.20. The van der Waals surface area contributed by atoms with E-state index in [-0.39, 0.29) is 0 Å². The number of benzene rings is 6. The minimum absolute atomic E-state index is 0.721. The van der Waals surface area contributed by atoms with Crippen molar-refractivity contribution in [2.45, 2.75) is 6.48 Å². The first-order valence-electron chi connectivity index (χ1n) is 12.7. The van der Waals surface area contributed by atoms with Crippen LogP contribution in [0.15, 0.2) is 127 Å². The molecule has 6 aromatic rings. The first kappa shape index (κ1) is 23.9. The van der Waals surface area contributed by atoms with Crippen LogP contribution in [0, 0.1) is 0 Å². The zero-order chi connectivity index (χ0) is 25.9. The molecule has 0 aliphatic rings. The second-order valence-corrected chi connectivity index (χ2v) is 9.20. The van der Waals surface area contributed by atoms with Crippen molar-refractivity contribution in [1.29, 1.82) is 0 Å². The van der Waals surface area contributed by atoms with Crippen molar-refractivity contribution < 1.29 is 14.2 Å². The lowest BCUT2D eigenvalue weighted by Crippen LogP contribution is -2.21. The van der Waals surface area contributed by atoms with Gasteiger partial charge in [0, 0.05) is 25.3 Å². The van der Waals surface area contributed by atoms with E-state index in [2.05, 4.69) is 103 Å². The Labute approximate surface area is 222 Å². The van der Waals surface area contributed by atoms with Crippen LogP contribution in [0.1, 0.15) is 0 Å². The van der Waals surface area contributed by atoms with E-state index in [4.69, 9.17) is 14.2 Å². The third kappa shape index (κ3) is 4.43. The van der Waals surface area contributed by atoms with Crippen molar-refractivity contribution in [2.75, 3.05) is 14.2 Å². The van der Waals surface area contributed by atoms with Gasteiger partial charge in [-0.15, -0.1) is 0 Å². The minimum Gasteiger partial charge on any atom is -0.440 e. The quantitative estimate of drug-likeness (QED) is 0.206. The van der Waals surface area contributed by atoms with Gasteiger partial charge in [-0.05, 0) is 62.0 Å². The zero-order valence-corrected chi connectivity index (χ0v) is 21.4. The molecule has 38 heavy (non-hydrogen) atoms. The van der Waals surface area contributed by atoms with Gasteiger partial charge in [-0.3, -0.25) is 0 Å². The minimum atomic E-state index is -0.860. The molecule has 0 aromatic heterocycles. The first-order chi connectivity index (χ1) is 18.8. The molecule has 3 nitrogen and oxygen atoms in total. The van der Waals surface area contributed by atoms with Gasteiger partial charge < -0.3 is 14.2 Å². The highest BCUT2D eigenvalue weighted by Gasteiger charge is 2.23. The normalized spacial score (nSPS) is 11.3. The van der Waals surface area contributed by atoms with E-state index in [0.29, 0.717) is 0 Å². The van der Waals surface area contributed by atoms with Crippen LogP contribution < -0.4 is 4.74 Å². The Morgan fingerprint density at radius 2 is 1.03 bits per heavy atom. The van der Waals surface area contributed by atoms with E-state index in [1.165, 1.54) is 5.39 Å². The Morgan fingerprint density at radius 3 is 1.68 bits per heavy atom. The molecular weight excluding hydrogens is 468 g/mol. The van der Waals surface area contributed by atoms with E-state index in [1.807, 2.05) is 24.3 Å². The molecule has 0 radical (unpaired) electrons. The van der Waals surface area contributed by atoms with Crippen molar-refractivity contribution in [1.82, 2.24) is 0 Å². The maximum Gasteiger partial charge on any atom is 0.315 e. The molecule has 0 aliphatic carbocycles. The molecule has 0 fully saturated rings. The summed E-state index contributed by atoms with van der Waals surface area (Å²) in [4.78, 5) is 0. The van der Waals surface area contributed by atoms with Gasteiger partial charge >= 0.3 is 6.48 Å². The molecule has 0 amide bonds. The summed E-state index contributed by atoms with van der Waals surface area (Å²) in [6, 6.07) is 44.5. The summed E-state index contributed by atoms with van der Waals surface area (Å²) in [6.07, 6.45) is 0. The molecule has 3 heteroatoms. The van der Waals surface area contributed by atoms with Gasteiger partial charge in [-0.25, -0.2) is 0 Å². The van der Waals surface area contributed by atoms with Crippen LogP contribution in [0.4, 0.5) is 0 Å². The summed E-state index contributed by atoms with van der Waals surface area (Å²) in [5.74, 6) is 0.721. The number of fused-ring (bicyclic) bond motifs is 2. The maximum absolute atomic E-state index is 6.54. The third-order valence-corrected chi connectivity index (χ3v) is 6.92. The maximum atomic E-state index is 6.54. The Morgan fingerprint density at radius 1 is 0.474 bits per heavy atom. The molecule has 0 saturated heterocycles. The van der Waals surface area contributed by atoms with Gasteiger partial charge in [0.2, 0.25) is 0 Å². The monoisotopic (exact) mass is 496 g/mol. The lowest BCUT2D eigenvalue weighted by Gasteiger charge is -2.24. The van der Waals surface area contributed by atoms with Crippen LogP contribution in [-0.4, -0.2) is 20.7 Å². The molecule has 0 unspecified atom stereocenters. The second kappa shape index (κ2) is 10.5. The lowest BCUT2D eigenvalue weighted by molar-refractivity contribution is -0.218. The van der Waals surface area contributed by atoms with E-state index >= 15 is 0 Å². The molecule has 0 saturated carbocycles. The summed E-state index contributed by atoms with van der Waals surface area (Å²) in [7, 11) is 3.17. The smallest absolute Gasteiger partial charge is 0.315 e. The fourth-order valence-electron chi connectivity index (χ4n) is 5.15. The van der Waals surface area contributed by atoms with Crippen molar-refractivity contribution in [2.24, 2.45) is 0 Å². The zero-order valence-electron chi connectivity index (χ0n) is 21.4. The molecule has 0 atom stereocenters. The number of methoxy groups -OCH3 is 2. The van der Waals surface area contributed by atoms with E-state index in [1.54, 1.807) is 14.2 Å². The molecule has 0 aliphatic heterocycles. The van der Waals surface area contributed by atoms with Crippen molar-refractivity contribution in [3.05, 3.63) is 127 Å². The number of hydrogen-bond donors (Lipinski definition) is 0. The molecule has 0 bridgehead atoms. The Bertz CT molecular complexity index is 1700. The summed E-state index contributed by atoms with van der Waals surface area (Å²) in [6.45, 7) is -0.860. The van der Waals surface area contributed by atoms with E-state index in [0.717, 1.165) is 55.3 Å². The van der Waals surface area contributed by atoms with Crippen LogP contribution in [-0.2, 0) is 9.47 Å². The summed E-state index contributed by atoms with van der Waals surface area (Å²) in [5.41, 5.74) is 6.45. The molecule has 6 rings (SSSR count). The first-order valence-corrected chi connectivity index (χ1v) is 12.7. The Kier molecular flexibility index (Phi) is 6.62. The lowest BCUT2D eigenvalue weighted by atomic mass is 9.87. The highest BCUT2D eigenvalue weighted by atomic mass is 16.8. The van der Waals surface area contributed by atoms with Gasteiger partial charge in [0.1, 0.15) is 5.75 Å². The standard InChI is InChI=1S/C35H28O3/c1-36-35(37-2)38-34-31(25-15-7-4-8-16-25)22-27-18-10-12-20-30(27)33(34)32-23-28(24-13-5-3-6-14-24)21-26-17-9-11-19-29(26)32/h3-23,35H,1-2H3. The largest absolute Gasteiger partial charge is 0.440 e. The number of hydrogen-bond acceptors (Lipinski definition) is 3. The van der Waals surface area contributed by atoms with Gasteiger partial charge in [-0.2, -0.15) is 0 Å². The van der Waals surface area contributed by atoms with Crippen molar-refractivity contribution >= 4 is 21.5 Å².